The topological polar surface area (TPSA) is 129 Å². The Labute approximate surface area is 324 Å². The smallest absolute Gasteiger partial charge is 0.417 e. The van der Waals surface area contributed by atoms with E-state index in [1.807, 2.05) is 6.08 Å². The predicted octanol–water partition coefficient (Wildman–Crippen LogP) is 7.10. The normalized spacial score (nSPS) is 28.2. The number of imide groups is 2. The molecule has 2 N–H and O–H groups in total. The van der Waals surface area contributed by atoms with Crippen LogP contribution in [-0.4, -0.2) is 62.9 Å². The van der Waals surface area contributed by atoms with Crippen LogP contribution in [-0.2, 0) is 30.8 Å². The molecule has 55 heavy (non-hydrogen) atoms. The van der Waals surface area contributed by atoms with Gasteiger partial charge < -0.3 is 9.84 Å². The molecule has 3 aromatic rings. The van der Waals surface area contributed by atoms with Gasteiger partial charge in [0.1, 0.15) is 12.4 Å². The molecule has 2 aromatic carbocycles. The van der Waals surface area contributed by atoms with Crippen LogP contribution in [0.1, 0.15) is 67.6 Å². The average molecular weight is 798 g/mol. The Balaban J connectivity index is 1.28. The van der Waals surface area contributed by atoms with E-state index in [4.69, 9.17) is 27.9 Å². The van der Waals surface area contributed by atoms with Gasteiger partial charge in [-0.2, -0.15) is 18.2 Å². The second-order valence-corrected chi connectivity index (χ2v) is 15.7. The molecule has 1 aromatic heterocycles. The summed E-state index contributed by atoms with van der Waals surface area (Å²) in [6, 6.07) is 14.0. The first-order valence-corrected chi connectivity index (χ1v) is 19.2. The van der Waals surface area contributed by atoms with Gasteiger partial charge in [0.15, 0.2) is 5.82 Å². The molecule has 15 heteroatoms. The molecule has 4 fully saturated rings. The monoisotopic (exact) mass is 796 g/mol. The molecule has 6 atom stereocenters. The number of carbonyl (C=O) groups is 4. The first-order chi connectivity index (χ1) is 26.4. The van der Waals surface area contributed by atoms with Crippen LogP contribution < -0.4 is 10.2 Å². The summed E-state index contributed by atoms with van der Waals surface area (Å²) >= 11 is 12.6. The zero-order valence-corrected chi connectivity index (χ0v) is 30.9. The molecule has 10 nitrogen and oxygen atoms in total. The van der Waals surface area contributed by atoms with Gasteiger partial charge in [0.05, 0.1) is 40.4 Å². The predicted molar refractivity (Wildman–Crippen MR) is 195 cm³/mol. The van der Waals surface area contributed by atoms with E-state index in [0.717, 1.165) is 42.7 Å². The lowest BCUT2D eigenvalue weighted by atomic mass is 9.49. The Hall–Kier alpha value is -4.46. The van der Waals surface area contributed by atoms with Crippen LogP contribution in [0.5, 0.6) is 5.75 Å². The number of aliphatic hydroxyl groups excluding tert-OH is 1. The molecule has 2 saturated carbocycles. The fourth-order valence-corrected chi connectivity index (χ4v) is 10.1. The number of nitrogens with zero attached hydrogens (tertiary/aromatic N) is 3. The summed E-state index contributed by atoms with van der Waals surface area (Å²) in [5.41, 5.74) is 1.73. The third-order valence-electron chi connectivity index (χ3n) is 12.1. The van der Waals surface area contributed by atoms with Gasteiger partial charge in [0.25, 0.3) is 11.8 Å². The number of hydrazine groups is 1. The van der Waals surface area contributed by atoms with Crippen molar-refractivity contribution in [2.45, 2.75) is 68.5 Å². The van der Waals surface area contributed by atoms with Gasteiger partial charge in [-0.1, -0.05) is 78.4 Å². The number of fused-ring (bicyclic) bond motifs is 4. The number of carbonyl (C=O) groups excluding carboxylic acids is 4. The van der Waals surface area contributed by atoms with Gasteiger partial charge in [0.2, 0.25) is 11.8 Å². The Bertz CT molecular complexity index is 2070. The zero-order valence-electron chi connectivity index (χ0n) is 29.4. The van der Waals surface area contributed by atoms with Gasteiger partial charge in [-0.3, -0.25) is 29.5 Å². The molecular weight excluding hydrogens is 760 g/mol. The molecule has 5 aliphatic rings. The van der Waals surface area contributed by atoms with Crippen molar-refractivity contribution in [2.75, 3.05) is 18.6 Å². The lowest BCUT2D eigenvalue weighted by Gasteiger charge is -2.50. The van der Waals surface area contributed by atoms with Crippen molar-refractivity contribution in [3.05, 3.63) is 99.2 Å². The highest BCUT2D eigenvalue weighted by Crippen LogP contribution is 2.64. The molecule has 8 rings (SSSR count). The summed E-state index contributed by atoms with van der Waals surface area (Å²) in [4.78, 5) is 64.0. The van der Waals surface area contributed by atoms with E-state index in [1.165, 1.54) is 4.90 Å². The number of benzene rings is 2. The zero-order chi connectivity index (χ0) is 38.8. The number of rotatable bonds is 8. The van der Waals surface area contributed by atoms with Crippen LogP contribution in [0.4, 0.5) is 19.0 Å². The van der Waals surface area contributed by atoms with Crippen molar-refractivity contribution in [3.8, 4) is 5.75 Å². The molecule has 0 unspecified atom stereocenters. The Morgan fingerprint density at radius 1 is 0.927 bits per heavy atom. The van der Waals surface area contributed by atoms with Crippen molar-refractivity contribution in [3.63, 3.8) is 0 Å². The van der Waals surface area contributed by atoms with E-state index in [0.29, 0.717) is 34.2 Å². The van der Waals surface area contributed by atoms with Crippen LogP contribution in [0.3, 0.4) is 0 Å². The summed E-state index contributed by atoms with van der Waals surface area (Å²) in [5.74, 6) is -5.63. The molecule has 3 aliphatic carbocycles. The van der Waals surface area contributed by atoms with Crippen molar-refractivity contribution in [2.24, 2.45) is 23.7 Å². The number of hydrogen-bond acceptors (Lipinski definition) is 8. The van der Waals surface area contributed by atoms with E-state index in [9.17, 15) is 32.7 Å². The first-order valence-electron chi connectivity index (χ1n) is 18.4. The molecule has 288 valence electrons. The second-order valence-electron chi connectivity index (χ2n) is 14.9. The van der Waals surface area contributed by atoms with Crippen LogP contribution in [0, 0.1) is 23.7 Å². The number of aromatic nitrogens is 1. The first kappa shape index (κ1) is 37.5. The minimum atomic E-state index is -4.73. The SMILES string of the molecule is O=C1[C@@H]2C[C@@H]3C(=CC[C@@H]4C(=O)N(C5CCCCC5)C(=O)[C@@H]43)[C@H](c3ccc(OCCO)cc3)[C@]2(c2ccc(Cl)cc2)C(=O)N1Nc1ncc(C(F)(F)F)cc1Cl. The van der Waals surface area contributed by atoms with Crippen LogP contribution in [0.25, 0.3) is 0 Å². The highest BCUT2D eigenvalue weighted by molar-refractivity contribution is 6.33. The van der Waals surface area contributed by atoms with Crippen LogP contribution >= 0.6 is 23.2 Å². The summed E-state index contributed by atoms with van der Waals surface area (Å²) in [7, 11) is 0. The van der Waals surface area contributed by atoms with Crippen molar-refractivity contribution < 1.29 is 42.2 Å². The minimum Gasteiger partial charge on any atom is -0.491 e. The maximum atomic E-state index is 15.3. The van der Waals surface area contributed by atoms with E-state index >= 15 is 4.79 Å². The molecule has 0 bridgehead atoms. The number of ether oxygens (including phenoxy) is 1. The van der Waals surface area contributed by atoms with E-state index < -0.39 is 63.6 Å². The number of hydrogen-bond donors (Lipinski definition) is 2. The van der Waals surface area contributed by atoms with Crippen molar-refractivity contribution in [1.29, 1.82) is 0 Å². The van der Waals surface area contributed by atoms with Crippen LogP contribution in [0.2, 0.25) is 10.0 Å². The number of likely N-dealkylation sites (tertiary alicyclic amines) is 1. The molecule has 4 amide bonds. The minimum absolute atomic E-state index is 0.0400. The summed E-state index contributed by atoms with van der Waals surface area (Å²) < 4.78 is 46.1. The van der Waals surface area contributed by atoms with Gasteiger partial charge >= 0.3 is 6.18 Å². The molecule has 2 aliphatic heterocycles. The Morgan fingerprint density at radius 3 is 2.29 bits per heavy atom. The highest BCUT2D eigenvalue weighted by atomic mass is 35.5. The molecule has 0 spiro atoms. The van der Waals surface area contributed by atoms with Gasteiger partial charge in [-0.05, 0) is 73.1 Å². The molecule has 2 saturated heterocycles. The Morgan fingerprint density at radius 2 is 1.64 bits per heavy atom. The number of aliphatic hydroxyl groups is 1. The van der Waals surface area contributed by atoms with Gasteiger partial charge in [-0.15, -0.1) is 0 Å². The number of allylic oxidation sites excluding steroid dienone is 2. The van der Waals surface area contributed by atoms with Crippen molar-refractivity contribution in [1.82, 2.24) is 14.9 Å². The standard InChI is InChI=1S/C40H37Cl2F3N4O6/c41-24-10-8-22(9-11-24)39-30(36(52)49(38(39)54)47-34-31(42)18-23(20-46-34)40(43,44)45)19-29-27(33(39)21-6-12-26(13-7-21)55-17-16-50)14-15-28-32(29)37(53)48(35(28)51)25-4-2-1-3-5-25/h6-14,18,20,25,28-30,32-33,50H,1-5,15-17,19H2,(H,46,47)/t28-,29+,30-,32-,33-,39+/m0/s1. The second kappa shape index (κ2) is 14.2. The van der Waals surface area contributed by atoms with Gasteiger partial charge in [-0.25, -0.2) is 4.98 Å². The lowest BCUT2D eigenvalue weighted by molar-refractivity contribution is -0.144. The summed E-state index contributed by atoms with van der Waals surface area (Å²) in [6.45, 7) is -0.150. The number of anilines is 1. The fourth-order valence-electron chi connectivity index (χ4n) is 9.80. The van der Waals surface area contributed by atoms with Crippen LogP contribution in [0.15, 0.2) is 72.4 Å². The summed E-state index contributed by atoms with van der Waals surface area (Å²) in [6.07, 6.45) is 2.47. The van der Waals surface area contributed by atoms with Crippen molar-refractivity contribution >= 4 is 52.6 Å². The average Bonchev–Trinajstić information content (AvgIpc) is 3.55. The van der Waals surface area contributed by atoms with E-state index in [1.54, 1.807) is 48.5 Å². The third kappa shape index (κ3) is 6.09. The lowest BCUT2D eigenvalue weighted by Crippen LogP contribution is -2.53. The maximum Gasteiger partial charge on any atom is 0.417 e. The molecule has 0 radical (unpaired) electrons. The largest absolute Gasteiger partial charge is 0.491 e. The highest BCUT2D eigenvalue weighted by Gasteiger charge is 2.70. The molecule has 3 heterocycles. The number of pyridine rings is 1. The number of nitrogens with one attached hydrogen (secondary N) is 1. The van der Waals surface area contributed by atoms with Gasteiger partial charge in [0, 0.05) is 23.2 Å². The maximum absolute atomic E-state index is 15.3. The molecular formula is C40H37Cl2F3N4O6. The third-order valence-corrected chi connectivity index (χ3v) is 12.6. The van der Waals surface area contributed by atoms with E-state index in [-0.39, 0.29) is 49.7 Å². The number of alkyl halides is 3. The quantitative estimate of drug-likeness (QED) is 0.183. The fraction of sp³-hybridized carbons (Fsp3) is 0.425. The Kier molecular flexibility index (Phi) is 9.70. The number of amides is 4. The number of halogens is 5. The van der Waals surface area contributed by atoms with E-state index in [2.05, 4.69) is 10.4 Å². The summed E-state index contributed by atoms with van der Waals surface area (Å²) in [5, 5.41) is 10.0.